The van der Waals surface area contributed by atoms with Crippen molar-refractivity contribution in [1.29, 1.82) is 0 Å². The van der Waals surface area contributed by atoms with Crippen LogP contribution in [-0.4, -0.2) is 0 Å². The summed E-state index contributed by atoms with van der Waals surface area (Å²) in [6.07, 6.45) is 6.28. The maximum atomic E-state index is 6.23. The molecule has 0 bridgehead atoms. The lowest BCUT2D eigenvalue weighted by atomic mass is 9.88. The Morgan fingerprint density at radius 2 is 1.81 bits per heavy atom. The zero-order valence-corrected chi connectivity index (χ0v) is 10.5. The van der Waals surface area contributed by atoms with Gasteiger partial charge in [-0.15, -0.1) is 0 Å². The molecule has 1 atom stereocenters. The molecule has 1 aliphatic rings. The normalized spacial score (nSPS) is 17.2. The molecule has 2 rings (SSSR count). The van der Waals surface area contributed by atoms with E-state index in [0.29, 0.717) is 5.92 Å². The third kappa shape index (κ3) is 2.65. The minimum atomic E-state index is 0.215. The molecule has 0 aliphatic heterocycles. The molecule has 2 N–H and O–H groups in total. The fraction of sp³-hybridized carbons (Fsp3) is 0.600. The van der Waals surface area contributed by atoms with Gasteiger partial charge in [-0.2, -0.15) is 0 Å². The Hall–Kier alpha value is -0.820. The summed E-state index contributed by atoms with van der Waals surface area (Å²) in [5.74, 6) is 0.672. The summed E-state index contributed by atoms with van der Waals surface area (Å²) >= 11 is 0. The summed E-state index contributed by atoms with van der Waals surface area (Å²) in [6, 6.07) is 7.09. The van der Waals surface area contributed by atoms with Crippen LogP contribution in [0.5, 0.6) is 0 Å². The molecule has 0 radical (unpaired) electrons. The molecular formula is C15H23N. The van der Waals surface area contributed by atoms with Crippen LogP contribution >= 0.6 is 0 Å². The topological polar surface area (TPSA) is 26.0 Å². The zero-order valence-electron chi connectivity index (χ0n) is 10.5. The lowest BCUT2D eigenvalue weighted by Crippen LogP contribution is -2.14. The van der Waals surface area contributed by atoms with Crippen molar-refractivity contribution >= 4 is 0 Å². The monoisotopic (exact) mass is 217 g/mol. The summed E-state index contributed by atoms with van der Waals surface area (Å²) < 4.78 is 0. The quantitative estimate of drug-likeness (QED) is 0.822. The highest BCUT2D eigenvalue weighted by molar-refractivity contribution is 5.35. The van der Waals surface area contributed by atoms with Gasteiger partial charge in [0.1, 0.15) is 0 Å². The van der Waals surface area contributed by atoms with Crippen LogP contribution in [0.4, 0.5) is 0 Å². The van der Waals surface area contributed by atoms with Crippen molar-refractivity contribution in [3.63, 3.8) is 0 Å². The summed E-state index contributed by atoms with van der Waals surface area (Å²) in [5.41, 5.74) is 10.6. The van der Waals surface area contributed by atoms with Gasteiger partial charge in [0.05, 0.1) is 0 Å². The lowest BCUT2D eigenvalue weighted by Gasteiger charge is -2.20. The number of fused-ring (bicyclic) bond motifs is 1. The lowest BCUT2D eigenvalue weighted by molar-refractivity contribution is 0.509. The molecule has 0 heterocycles. The van der Waals surface area contributed by atoms with Crippen molar-refractivity contribution in [1.82, 2.24) is 0 Å². The highest BCUT2D eigenvalue weighted by Crippen LogP contribution is 2.26. The second-order valence-electron chi connectivity index (χ2n) is 5.47. The first-order valence-electron chi connectivity index (χ1n) is 6.54. The zero-order chi connectivity index (χ0) is 11.5. The molecule has 1 nitrogen and oxygen atoms in total. The standard InChI is InChI=1S/C15H23N/c1-11(2)9-15(16)14-8-7-12-5-3-4-6-13(12)10-14/h7-8,10-11,15H,3-6,9,16H2,1-2H3. The molecule has 1 aromatic carbocycles. The fourth-order valence-corrected chi connectivity index (χ4v) is 2.63. The fourth-order valence-electron chi connectivity index (χ4n) is 2.63. The van der Waals surface area contributed by atoms with Gasteiger partial charge in [0.15, 0.2) is 0 Å². The van der Waals surface area contributed by atoms with Gasteiger partial charge in [-0.1, -0.05) is 32.0 Å². The highest BCUT2D eigenvalue weighted by Gasteiger charge is 2.13. The summed E-state index contributed by atoms with van der Waals surface area (Å²) in [6.45, 7) is 4.47. The Kier molecular flexibility index (Phi) is 3.65. The Morgan fingerprint density at radius 3 is 2.50 bits per heavy atom. The first kappa shape index (κ1) is 11.7. The van der Waals surface area contributed by atoms with Crippen molar-refractivity contribution in [2.75, 3.05) is 0 Å². The molecular weight excluding hydrogens is 194 g/mol. The molecule has 0 fully saturated rings. The number of hydrogen-bond acceptors (Lipinski definition) is 1. The molecule has 0 saturated carbocycles. The van der Waals surface area contributed by atoms with Gasteiger partial charge in [-0.3, -0.25) is 0 Å². The maximum absolute atomic E-state index is 6.23. The van der Waals surface area contributed by atoms with Gasteiger partial charge in [0.2, 0.25) is 0 Å². The summed E-state index contributed by atoms with van der Waals surface area (Å²) in [5, 5.41) is 0. The van der Waals surface area contributed by atoms with Crippen LogP contribution in [0.15, 0.2) is 18.2 Å². The average Bonchev–Trinajstić information content (AvgIpc) is 2.27. The minimum Gasteiger partial charge on any atom is -0.324 e. The van der Waals surface area contributed by atoms with Crippen LogP contribution in [0.2, 0.25) is 0 Å². The van der Waals surface area contributed by atoms with Crippen molar-refractivity contribution in [3.8, 4) is 0 Å². The first-order valence-corrected chi connectivity index (χ1v) is 6.54. The SMILES string of the molecule is CC(C)CC(N)c1ccc2c(c1)CCCC2. The number of hydrogen-bond donors (Lipinski definition) is 1. The molecule has 0 saturated heterocycles. The molecule has 16 heavy (non-hydrogen) atoms. The van der Waals surface area contributed by atoms with Gasteiger partial charge in [-0.05, 0) is 54.7 Å². The number of rotatable bonds is 3. The van der Waals surface area contributed by atoms with E-state index in [2.05, 4.69) is 32.0 Å². The smallest absolute Gasteiger partial charge is 0.0297 e. The van der Waals surface area contributed by atoms with Gasteiger partial charge in [0, 0.05) is 6.04 Å². The Labute approximate surface area is 99.0 Å². The van der Waals surface area contributed by atoms with Crippen LogP contribution in [0.1, 0.15) is 55.8 Å². The molecule has 0 amide bonds. The van der Waals surface area contributed by atoms with Gasteiger partial charge >= 0.3 is 0 Å². The van der Waals surface area contributed by atoms with E-state index in [-0.39, 0.29) is 6.04 Å². The van der Waals surface area contributed by atoms with Crippen LogP contribution in [0.3, 0.4) is 0 Å². The van der Waals surface area contributed by atoms with Gasteiger partial charge in [-0.25, -0.2) is 0 Å². The van der Waals surface area contributed by atoms with Crippen molar-refractivity contribution in [3.05, 3.63) is 34.9 Å². The molecule has 1 unspecified atom stereocenters. The molecule has 0 aromatic heterocycles. The van der Waals surface area contributed by atoms with Crippen molar-refractivity contribution < 1.29 is 0 Å². The summed E-state index contributed by atoms with van der Waals surface area (Å²) in [7, 11) is 0. The number of benzene rings is 1. The van der Waals surface area contributed by atoms with Crippen LogP contribution in [0.25, 0.3) is 0 Å². The van der Waals surface area contributed by atoms with E-state index in [1.807, 2.05) is 0 Å². The van der Waals surface area contributed by atoms with Crippen molar-refractivity contribution in [2.45, 2.75) is 52.0 Å². The molecule has 1 heteroatoms. The average molecular weight is 217 g/mol. The van der Waals surface area contributed by atoms with Crippen molar-refractivity contribution in [2.24, 2.45) is 11.7 Å². The number of aryl methyl sites for hydroxylation is 2. The van der Waals surface area contributed by atoms with Crippen LogP contribution < -0.4 is 5.73 Å². The Bertz CT molecular complexity index is 354. The van der Waals surface area contributed by atoms with Crippen LogP contribution in [-0.2, 0) is 12.8 Å². The van der Waals surface area contributed by atoms with Gasteiger partial charge in [0.25, 0.3) is 0 Å². The van der Waals surface area contributed by atoms with E-state index in [0.717, 1.165) is 6.42 Å². The van der Waals surface area contributed by atoms with Gasteiger partial charge < -0.3 is 5.73 Å². The third-order valence-corrected chi connectivity index (χ3v) is 3.53. The second-order valence-corrected chi connectivity index (χ2v) is 5.47. The molecule has 1 aromatic rings. The van der Waals surface area contributed by atoms with E-state index < -0.39 is 0 Å². The maximum Gasteiger partial charge on any atom is 0.0297 e. The minimum absolute atomic E-state index is 0.215. The molecule has 0 spiro atoms. The Morgan fingerprint density at radius 1 is 1.12 bits per heavy atom. The molecule has 88 valence electrons. The van der Waals surface area contributed by atoms with Crippen LogP contribution in [0, 0.1) is 5.92 Å². The van der Waals surface area contributed by atoms with E-state index in [9.17, 15) is 0 Å². The Balaban J connectivity index is 2.16. The second kappa shape index (κ2) is 5.01. The largest absolute Gasteiger partial charge is 0.324 e. The summed E-state index contributed by atoms with van der Waals surface area (Å²) in [4.78, 5) is 0. The van der Waals surface area contributed by atoms with E-state index in [4.69, 9.17) is 5.73 Å². The predicted octanol–water partition coefficient (Wildman–Crippen LogP) is 3.61. The first-order chi connectivity index (χ1) is 7.66. The third-order valence-electron chi connectivity index (χ3n) is 3.53. The van der Waals surface area contributed by atoms with E-state index >= 15 is 0 Å². The molecule has 1 aliphatic carbocycles. The predicted molar refractivity (Wildman–Crippen MR) is 69.5 cm³/mol. The number of nitrogens with two attached hydrogens (primary N) is 1. The highest BCUT2D eigenvalue weighted by atomic mass is 14.6. The van der Waals surface area contributed by atoms with E-state index in [1.54, 1.807) is 11.1 Å². The van der Waals surface area contributed by atoms with E-state index in [1.165, 1.54) is 31.2 Å².